The molecule has 4 nitrogen and oxygen atoms in total. The lowest BCUT2D eigenvalue weighted by molar-refractivity contribution is 0.0942. The molecular formula is C11H9N3O. The molecule has 1 aromatic carbocycles. The summed E-state index contributed by atoms with van der Waals surface area (Å²) in [6, 6.07) is 7.13. The molecule has 0 aliphatic carbocycles. The number of nitrogens with two attached hydrogens (primary N) is 1. The van der Waals surface area contributed by atoms with Gasteiger partial charge in [-0.3, -0.25) is 9.36 Å². The van der Waals surface area contributed by atoms with Gasteiger partial charge >= 0.3 is 0 Å². The van der Waals surface area contributed by atoms with E-state index in [1.807, 2.05) is 6.07 Å². The average Bonchev–Trinajstić information content (AvgIpc) is 2.56. The van der Waals surface area contributed by atoms with Gasteiger partial charge in [-0.25, -0.2) is 0 Å². The van der Waals surface area contributed by atoms with Gasteiger partial charge in [0.25, 0.3) is 0 Å². The number of aromatic nitrogens is 1. The molecule has 74 valence electrons. The second kappa shape index (κ2) is 3.14. The zero-order chi connectivity index (χ0) is 11.0. The lowest BCUT2D eigenvalue weighted by atomic mass is 10.2. The molecular weight excluding hydrogens is 190 g/mol. The van der Waals surface area contributed by atoms with Gasteiger partial charge < -0.3 is 5.73 Å². The van der Waals surface area contributed by atoms with Crippen LogP contribution in [0.1, 0.15) is 17.3 Å². The summed E-state index contributed by atoms with van der Waals surface area (Å²) in [5, 5.41) is 9.55. The Hall–Kier alpha value is -2.28. The van der Waals surface area contributed by atoms with Crippen LogP contribution >= 0.6 is 0 Å². The van der Waals surface area contributed by atoms with Gasteiger partial charge in [-0.2, -0.15) is 5.26 Å². The van der Waals surface area contributed by atoms with Crippen molar-refractivity contribution in [2.45, 2.75) is 6.92 Å². The molecule has 0 bridgehead atoms. The van der Waals surface area contributed by atoms with Gasteiger partial charge in [0.1, 0.15) is 0 Å². The predicted octanol–water partition coefficient (Wildman–Crippen LogP) is 1.76. The molecule has 1 aromatic heterocycles. The summed E-state index contributed by atoms with van der Waals surface area (Å²) >= 11 is 0. The van der Waals surface area contributed by atoms with Crippen molar-refractivity contribution in [2.24, 2.45) is 0 Å². The first-order chi connectivity index (χ1) is 7.13. The third-order valence-electron chi connectivity index (χ3n) is 2.30. The highest BCUT2D eigenvalue weighted by Crippen LogP contribution is 2.24. The van der Waals surface area contributed by atoms with E-state index in [-0.39, 0.29) is 5.91 Å². The van der Waals surface area contributed by atoms with Crippen LogP contribution in [0.15, 0.2) is 24.4 Å². The minimum atomic E-state index is -0.119. The van der Waals surface area contributed by atoms with Gasteiger partial charge in [0.2, 0.25) is 5.91 Å². The van der Waals surface area contributed by atoms with E-state index >= 15 is 0 Å². The molecule has 0 spiro atoms. The third-order valence-corrected chi connectivity index (χ3v) is 2.30. The number of anilines is 1. The van der Waals surface area contributed by atoms with Crippen LogP contribution in [0.3, 0.4) is 0 Å². The van der Waals surface area contributed by atoms with Crippen LogP contribution in [0.2, 0.25) is 0 Å². The molecule has 0 saturated heterocycles. The summed E-state index contributed by atoms with van der Waals surface area (Å²) in [5.41, 5.74) is 7.49. The number of hydrogen-bond donors (Lipinski definition) is 1. The van der Waals surface area contributed by atoms with Crippen molar-refractivity contribution < 1.29 is 4.79 Å². The normalized spacial score (nSPS) is 10.1. The third kappa shape index (κ3) is 1.34. The van der Waals surface area contributed by atoms with Gasteiger partial charge in [-0.15, -0.1) is 0 Å². The molecule has 0 aliphatic rings. The topological polar surface area (TPSA) is 71.8 Å². The quantitative estimate of drug-likeness (QED) is 0.702. The standard InChI is InChI=1S/C11H9N3O/c1-7(15)14-6-10(13)9-3-2-8(5-12)4-11(9)14/h2-4,6H,13H2,1H3. The minimum absolute atomic E-state index is 0.119. The zero-order valence-corrected chi connectivity index (χ0v) is 8.19. The van der Waals surface area contributed by atoms with Gasteiger partial charge in [0.05, 0.1) is 22.8 Å². The second-order valence-corrected chi connectivity index (χ2v) is 3.32. The molecule has 1 heterocycles. The molecule has 0 aliphatic heterocycles. The summed E-state index contributed by atoms with van der Waals surface area (Å²) in [7, 11) is 0. The van der Waals surface area contributed by atoms with Crippen LogP contribution in [0.4, 0.5) is 5.69 Å². The summed E-state index contributed by atoms with van der Waals surface area (Å²) < 4.78 is 1.45. The van der Waals surface area contributed by atoms with Gasteiger partial charge in [-0.1, -0.05) is 0 Å². The Labute approximate surface area is 86.5 Å². The number of nitrogen functional groups attached to an aromatic ring is 1. The van der Waals surface area contributed by atoms with E-state index in [0.29, 0.717) is 16.8 Å². The predicted molar refractivity (Wildman–Crippen MR) is 57.4 cm³/mol. The Morgan fingerprint density at radius 1 is 1.53 bits per heavy atom. The highest BCUT2D eigenvalue weighted by Gasteiger charge is 2.09. The number of hydrogen-bond acceptors (Lipinski definition) is 3. The largest absolute Gasteiger partial charge is 0.397 e. The first-order valence-corrected chi connectivity index (χ1v) is 4.45. The van der Waals surface area contributed by atoms with Crippen molar-refractivity contribution in [2.75, 3.05) is 5.73 Å². The lowest BCUT2D eigenvalue weighted by Gasteiger charge is -1.98. The van der Waals surface area contributed by atoms with Crippen molar-refractivity contribution in [3.63, 3.8) is 0 Å². The smallest absolute Gasteiger partial charge is 0.228 e. The van der Waals surface area contributed by atoms with Crippen molar-refractivity contribution in [3.8, 4) is 6.07 Å². The number of rotatable bonds is 0. The number of nitriles is 1. The first kappa shape index (κ1) is 9.28. The summed E-state index contributed by atoms with van der Waals surface area (Å²) in [6.07, 6.45) is 1.58. The van der Waals surface area contributed by atoms with E-state index in [4.69, 9.17) is 11.0 Å². The van der Waals surface area contributed by atoms with Crippen LogP contribution in [0.25, 0.3) is 10.9 Å². The number of nitrogens with zero attached hydrogens (tertiary/aromatic N) is 2. The van der Waals surface area contributed by atoms with E-state index in [9.17, 15) is 4.79 Å². The fourth-order valence-corrected chi connectivity index (χ4v) is 1.58. The van der Waals surface area contributed by atoms with Gasteiger partial charge in [0, 0.05) is 18.5 Å². The molecule has 4 heteroatoms. The Morgan fingerprint density at radius 2 is 2.27 bits per heavy atom. The number of carbonyl (C=O) groups excluding carboxylic acids is 1. The van der Waals surface area contributed by atoms with E-state index in [1.165, 1.54) is 11.5 Å². The van der Waals surface area contributed by atoms with Crippen molar-refractivity contribution in [3.05, 3.63) is 30.0 Å². The number of carbonyl (C=O) groups is 1. The molecule has 2 aromatic rings. The van der Waals surface area contributed by atoms with Gasteiger partial charge in [0.15, 0.2) is 0 Å². The van der Waals surface area contributed by atoms with Crippen LogP contribution < -0.4 is 5.73 Å². The summed E-state index contributed by atoms with van der Waals surface area (Å²) in [4.78, 5) is 11.3. The maximum Gasteiger partial charge on any atom is 0.228 e. The fourth-order valence-electron chi connectivity index (χ4n) is 1.58. The summed E-state index contributed by atoms with van der Waals surface area (Å²) in [6.45, 7) is 1.46. The fraction of sp³-hybridized carbons (Fsp3) is 0.0909. The lowest BCUT2D eigenvalue weighted by Crippen LogP contribution is -2.03. The summed E-state index contributed by atoms with van der Waals surface area (Å²) in [5.74, 6) is -0.119. The molecule has 0 atom stereocenters. The molecule has 15 heavy (non-hydrogen) atoms. The molecule has 2 rings (SSSR count). The number of benzene rings is 1. The second-order valence-electron chi connectivity index (χ2n) is 3.32. The van der Waals surface area contributed by atoms with Crippen LogP contribution in [-0.2, 0) is 0 Å². The van der Waals surface area contributed by atoms with Crippen molar-refractivity contribution in [1.82, 2.24) is 4.57 Å². The van der Waals surface area contributed by atoms with E-state index < -0.39 is 0 Å². The SMILES string of the molecule is CC(=O)n1cc(N)c2ccc(C#N)cc21. The Kier molecular flexibility index (Phi) is 1.94. The van der Waals surface area contributed by atoms with E-state index in [2.05, 4.69) is 0 Å². The maximum atomic E-state index is 11.3. The van der Waals surface area contributed by atoms with E-state index in [1.54, 1.807) is 24.4 Å². The monoisotopic (exact) mass is 199 g/mol. The molecule has 0 saturated carbocycles. The highest BCUT2D eigenvalue weighted by atomic mass is 16.1. The Morgan fingerprint density at radius 3 is 2.87 bits per heavy atom. The highest BCUT2D eigenvalue weighted by molar-refractivity contribution is 5.99. The molecule has 0 unspecified atom stereocenters. The molecule has 0 fully saturated rings. The zero-order valence-electron chi connectivity index (χ0n) is 8.19. The molecule has 0 amide bonds. The van der Waals surface area contributed by atoms with Crippen molar-refractivity contribution >= 4 is 22.5 Å². The average molecular weight is 199 g/mol. The number of fused-ring (bicyclic) bond motifs is 1. The first-order valence-electron chi connectivity index (χ1n) is 4.45. The van der Waals surface area contributed by atoms with Crippen molar-refractivity contribution in [1.29, 1.82) is 5.26 Å². The maximum absolute atomic E-state index is 11.3. The molecule has 2 N–H and O–H groups in total. The van der Waals surface area contributed by atoms with E-state index in [0.717, 1.165) is 5.39 Å². The Bertz CT molecular complexity index is 590. The minimum Gasteiger partial charge on any atom is -0.397 e. The van der Waals surface area contributed by atoms with Gasteiger partial charge in [-0.05, 0) is 18.2 Å². The molecule has 0 radical (unpaired) electrons. The van der Waals surface area contributed by atoms with Crippen LogP contribution in [0.5, 0.6) is 0 Å². The van der Waals surface area contributed by atoms with Crippen LogP contribution in [-0.4, -0.2) is 10.5 Å². The Balaban J connectivity index is 2.84. The van der Waals surface area contributed by atoms with Crippen LogP contribution in [0, 0.1) is 11.3 Å².